The Labute approximate surface area is 169 Å². The van der Waals surface area contributed by atoms with Crippen molar-refractivity contribution >= 4 is 17.4 Å². The fourth-order valence-corrected chi connectivity index (χ4v) is 5.66. The van der Waals surface area contributed by atoms with E-state index in [0.717, 1.165) is 28.8 Å². The van der Waals surface area contributed by atoms with Crippen LogP contribution in [0.4, 0.5) is 10.5 Å². The highest BCUT2D eigenvalue weighted by Crippen LogP contribution is 2.41. The van der Waals surface area contributed by atoms with Crippen LogP contribution in [0.2, 0.25) is 0 Å². The van der Waals surface area contributed by atoms with Crippen molar-refractivity contribution in [2.45, 2.75) is 83.5 Å². The second-order valence-electron chi connectivity index (χ2n) is 9.04. The normalized spacial score (nSPS) is 27.6. The van der Waals surface area contributed by atoms with Gasteiger partial charge in [0.2, 0.25) is 0 Å². The number of hydrogen-bond donors (Lipinski definition) is 2. The lowest BCUT2D eigenvalue weighted by molar-refractivity contribution is 0.194. The monoisotopic (exact) mass is 381 g/mol. The molecule has 2 amide bonds. The fraction of sp³-hybridized carbons (Fsp3) is 0.667. The molecule has 4 nitrogen and oxygen atoms in total. The van der Waals surface area contributed by atoms with E-state index in [1.165, 1.54) is 83.5 Å². The lowest BCUT2D eigenvalue weighted by Crippen LogP contribution is -2.29. The van der Waals surface area contributed by atoms with Crippen molar-refractivity contribution in [3.63, 3.8) is 0 Å². The van der Waals surface area contributed by atoms with Gasteiger partial charge in [-0.25, -0.2) is 10.2 Å². The lowest BCUT2D eigenvalue weighted by atomic mass is 9.70. The van der Waals surface area contributed by atoms with Gasteiger partial charge in [-0.05, 0) is 30.7 Å². The molecule has 4 heteroatoms. The third-order valence-electron chi connectivity index (χ3n) is 7.15. The van der Waals surface area contributed by atoms with Crippen molar-refractivity contribution < 1.29 is 4.79 Å². The van der Waals surface area contributed by atoms with Crippen molar-refractivity contribution in [2.24, 2.45) is 22.9 Å². The molecule has 0 saturated heterocycles. The number of carbonyl (C=O) groups excluding carboxylic acids is 1. The summed E-state index contributed by atoms with van der Waals surface area (Å²) in [6.07, 6.45) is 17.9. The molecule has 0 aromatic heterocycles. The van der Waals surface area contributed by atoms with Crippen molar-refractivity contribution in [1.29, 1.82) is 0 Å². The van der Waals surface area contributed by atoms with Gasteiger partial charge in [-0.2, -0.15) is 5.10 Å². The van der Waals surface area contributed by atoms with Gasteiger partial charge in [0.25, 0.3) is 0 Å². The van der Waals surface area contributed by atoms with Gasteiger partial charge in [-0.3, -0.25) is 0 Å². The summed E-state index contributed by atoms with van der Waals surface area (Å²) in [5.41, 5.74) is 5.77. The van der Waals surface area contributed by atoms with Crippen LogP contribution in [-0.4, -0.2) is 11.7 Å². The Morgan fingerprint density at radius 1 is 0.786 bits per heavy atom. The summed E-state index contributed by atoms with van der Waals surface area (Å²) in [6.45, 7) is 0. The lowest BCUT2D eigenvalue weighted by Gasteiger charge is -2.35. The number of fused-ring (bicyclic) bond motifs is 1. The van der Waals surface area contributed by atoms with Crippen molar-refractivity contribution in [2.75, 3.05) is 5.32 Å². The number of carbonyl (C=O) groups is 1. The Balaban J connectivity index is 1.49. The first-order valence-electron chi connectivity index (χ1n) is 11.6. The number of hydrazone groups is 1. The molecule has 4 rings (SSSR count). The van der Waals surface area contributed by atoms with Crippen LogP contribution in [0.25, 0.3) is 0 Å². The minimum absolute atomic E-state index is 0.234. The molecule has 2 unspecified atom stereocenters. The highest BCUT2D eigenvalue weighted by Gasteiger charge is 2.32. The van der Waals surface area contributed by atoms with E-state index in [-0.39, 0.29) is 6.03 Å². The topological polar surface area (TPSA) is 53.5 Å². The van der Waals surface area contributed by atoms with Crippen LogP contribution in [0.3, 0.4) is 0 Å². The van der Waals surface area contributed by atoms with Crippen LogP contribution < -0.4 is 10.7 Å². The van der Waals surface area contributed by atoms with E-state index in [9.17, 15) is 4.79 Å². The Kier molecular flexibility index (Phi) is 6.66. The average Bonchev–Trinajstić information content (AvgIpc) is 2.90. The quantitative estimate of drug-likeness (QED) is 0.606. The molecule has 1 aliphatic heterocycles. The molecular weight excluding hydrogens is 346 g/mol. The molecule has 0 spiro atoms. The van der Waals surface area contributed by atoms with Crippen LogP contribution in [0.15, 0.2) is 29.4 Å². The minimum Gasteiger partial charge on any atom is -0.306 e. The summed E-state index contributed by atoms with van der Waals surface area (Å²) in [5, 5.41) is 7.49. The van der Waals surface area contributed by atoms with Crippen LogP contribution in [-0.2, 0) is 0 Å². The Morgan fingerprint density at radius 2 is 1.46 bits per heavy atom. The van der Waals surface area contributed by atoms with Gasteiger partial charge in [-0.1, -0.05) is 88.8 Å². The van der Waals surface area contributed by atoms with Gasteiger partial charge in [0.1, 0.15) is 0 Å². The van der Waals surface area contributed by atoms with E-state index in [4.69, 9.17) is 0 Å². The van der Waals surface area contributed by atoms with E-state index in [1.807, 2.05) is 18.2 Å². The first-order chi connectivity index (χ1) is 13.8. The molecule has 28 heavy (non-hydrogen) atoms. The highest BCUT2D eigenvalue weighted by atomic mass is 16.2. The molecule has 2 fully saturated rings. The highest BCUT2D eigenvalue weighted by molar-refractivity contribution is 6.10. The maximum absolute atomic E-state index is 12.0. The van der Waals surface area contributed by atoms with Gasteiger partial charge in [0.15, 0.2) is 0 Å². The van der Waals surface area contributed by atoms with E-state index >= 15 is 0 Å². The second kappa shape index (κ2) is 9.58. The van der Waals surface area contributed by atoms with Crippen LogP contribution in [0, 0.1) is 17.8 Å². The van der Waals surface area contributed by atoms with Gasteiger partial charge >= 0.3 is 6.03 Å². The molecule has 1 aromatic carbocycles. The van der Waals surface area contributed by atoms with Crippen LogP contribution in [0.5, 0.6) is 0 Å². The maximum atomic E-state index is 12.0. The first-order valence-corrected chi connectivity index (χ1v) is 11.6. The Bertz CT molecular complexity index is 689. The van der Waals surface area contributed by atoms with Crippen LogP contribution >= 0.6 is 0 Å². The van der Waals surface area contributed by atoms with Crippen molar-refractivity contribution in [1.82, 2.24) is 5.43 Å². The summed E-state index contributed by atoms with van der Waals surface area (Å²) >= 11 is 0. The number of hydrogen-bond acceptors (Lipinski definition) is 2. The summed E-state index contributed by atoms with van der Waals surface area (Å²) in [5.74, 6) is 2.16. The third-order valence-corrected chi connectivity index (χ3v) is 7.15. The van der Waals surface area contributed by atoms with Gasteiger partial charge in [0.05, 0.1) is 11.4 Å². The zero-order valence-electron chi connectivity index (χ0n) is 17.1. The number of amides is 2. The number of anilines is 1. The number of urea groups is 1. The molecule has 0 bridgehead atoms. The van der Waals surface area contributed by atoms with E-state index in [0.29, 0.717) is 5.92 Å². The predicted octanol–water partition coefficient (Wildman–Crippen LogP) is 6.47. The molecule has 2 aliphatic carbocycles. The first kappa shape index (κ1) is 19.5. The van der Waals surface area contributed by atoms with E-state index < -0.39 is 0 Å². The Morgan fingerprint density at radius 3 is 2.25 bits per heavy atom. The molecule has 2 N–H and O–H groups in total. The van der Waals surface area contributed by atoms with E-state index in [1.54, 1.807) is 0 Å². The standard InChI is InChI=1S/C24H35N3O/c28-24-25-22-16-9-8-15-21(22)23(26-27-24)20-14-10-13-19(17-20)18-11-6-4-2-1-3-5-7-12-18/h8-9,15-16,18-20H,1-7,10-14,17H2,(H2,25,27,28). The van der Waals surface area contributed by atoms with Crippen molar-refractivity contribution in [3.8, 4) is 0 Å². The number of nitrogens with one attached hydrogen (secondary N) is 2. The molecule has 1 heterocycles. The largest absolute Gasteiger partial charge is 0.339 e. The molecule has 3 aliphatic rings. The van der Waals surface area contributed by atoms with Gasteiger partial charge < -0.3 is 5.32 Å². The average molecular weight is 382 g/mol. The zero-order valence-corrected chi connectivity index (χ0v) is 17.1. The van der Waals surface area contributed by atoms with Gasteiger partial charge in [-0.15, -0.1) is 0 Å². The number of rotatable bonds is 2. The Hall–Kier alpha value is -1.84. The molecule has 1 aromatic rings. The second-order valence-corrected chi connectivity index (χ2v) is 9.04. The number of benzene rings is 1. The minimum atomic E-state index is -0.234. The molecular formula is C24H35N3O. The van der Waals surface area contributed by atoms with Gasteiger partial charge in [0, 0.05) is 11.5 Å². The van der Waals surface area contributed by atoms with Crippen molar-refractivity contribution in [3.05, 3.63) is 29.8 Å². The fourth-order valence-electron chi connectivity index (χ4n) is 5.66. The molecule has 2 saturated carbocycles. The summed E-state index contributed by atoms with van der Waals surface area (Å²) in [4.78, 5) is 12.0. The summed E-state index contributed by atoms with van der Waals surface area (Å²) in [7, 11) is 0. The predicted molar refractivity (Wildman–Crippen MR) is 116 cm³/mol. The smallest absolute Gasteiger partial charge is 0.306 e. The molecule has 0 radical (unpaired) electrons. The summed E-state index contributed by atoms with van der Waals surface area (Å²) < 4.78 is 0. The number of para-hydroxylation sites is 1. The van der Waals surface area contributed by atoms with Crippen LogP contribution in [0.1, 0.15) is 89.0 Å². The zero-order chi connectivity index (χ0) is 19.2. The van der Waals surface area contributed by atoms with E-state index in [2.05, 4.69) is 21.9 Å². The third kappa shape index (κ3) is 4.76. The number of nitrogens with zero attached hydrogens (tertiary/aromatic N) is 1. The molecule has 152 valence electrons. The molecule has 2 atom stereocenters. The SMILES string of the molecule is O=C1NN=C(C2CCCC(C3CCCCCCCCC3)C2)c2ccccc2N1. The summed E-state index contributed by atoms with van der Waals surface area (Å²) in [6, 6.07) is 7.88. The maximum Gasteiger partial charge on any atom is 0.339 e.